The van der Waals surface area contributed by atoms with Gasteiger partial charge in [0.25, 0.3) is 10.0 Å². The van der Waals surface area contributed by atoms with Gasteiger partial charge < -0.3 is 28.6 Å². The zero-order chi connectivity index (χ0) is 25.7. The number of aliphatic hydroxyl groups excluding tert-OH is 1. The van der Waals surface area contributed by atoms with Crippen molar-refractivity contribution in [2.75, 3.05) is 44.6 Å². The summed E-state index contributed by atoms with van der Waals surface area (Å²) in [7, 11) is -2.65. The molecule has 0 saturated carbocycles. The minimum absolute atomic E-state index is 0.0461. The van der Waals surface area contributed by atoms with Crippen LogP contribution >= 0.6 is 0 Å². The van der Waals surface area contributed by atoms with Crippen molar-refractivity contribution >= 4 is 15.9 Å². The van der Waals surface area contributed by atoms with Gasteiger partial charge in [0.05, 0.1) is 43.6 Å². The third kappa shape index (κ3) is 5.31. The number of aliphatic hydroxyl groups is 1. The summed E-state index contributed by atoms with van der Waals surface area (Å²) < 4.78 is 56.8. The lowest BCUT2D eigenvalue weighted by atomic mass is 9.97. The molecule has 1 aliphatic rings. The van der Waals surface area contributed by atoms with Crippen LogP contribution in [0.25, 0.3) is 11.1 Å². The second-order valence-electron chi connectivity index (χ2n) is 8.23. The summed E-state index contributed by atoms with van der Waals surface area (Å²) in [6.45, 7) is 4.36. The number of anilines is 1. The van der Waals surface area contributed by atoms with Crippen molar-refractivity contribution in [1.29, 1.82) is 0 Å². The first-order valence-electron chi connectivity index (χ1n) is 11.5. The molecule has 0 aliphatic carbocycles. The van der Waals surface area contributed by atoms with Gasteiger partial charge in [-0.2, -0.15) is 0 Å². The Kier molecular flexibility index (Phi) is 8.39. The molecule has 4 rings (SSSR count). The van der Waals surface area contributed by atoms with Gasteiger partial charge in [0.1, 0.15) is 6.73 Å². The van der Waals surface area contributed by atoms with Crippen LogP contribution in [0.1, 0.15) is 28.7 Å². The van der Waals surface area contributed by atoms with Gasteiger partial charge in [-0.1, -0.05) is 35.5 Å². The summed E-state index contributed by atoms with van der Waals surface area (Å²) in [5.74, 6) is 0.0815. The molecule has 0 bridgehead atoms. The van der Waals surface area contributed by atoms with E-state index in [1.165, 1.54) is 13.2 Å². The van der Waals surface area contributed by atoms with E-state index < -0.39 is 16.3 Å². The highest BCUT2D eigenvalue weighted by molar-refractivity contribution is 7.93. The maximum absolute atomic E-state index is 14.1. The maximum Gasteiger partial charge on any atom is 0.269 e. The van der Waals surface area contributed by atoms with Crippen LogP contribution in [-0.4, -0.2) is 58.9 Å². The van der Waals surface area contributed by atoms with Crippen molar-refractivity contribution < 1.29 is 37.0 Å². The normalized spacial score (nSPS) is 14.4. The van der Waals surface area contributed by atoms with Crippen molar-refractivity contribution in [3.63, 3.8) is 0 Å². The smallest absolute Gasteiger partial charge is 0.269 e. The van der Waals surface area contributed by atoms with Crippen molar-refractivity contribution in [3.05, 3.63) is 64.8 Å². The SMILES string of the molecule is COCCOCN(c1onc(C)c1C)S(=O)(=O)c1ccccc1-c1ccc(CO)cc1C1OCCO1. The highest BCUT2D eigenvalue weighted by Gasteiger charge is 2.33. The van der Waals surface area contributed by atoms with Crippen molar-refractivity contribution in [2.24, 2.45) is 0 Å². The first kappa shape index (κ1) is 26.3. The summed E-state index contributed by atoms with van der Waals surface area (Å²) in [6, 6.07) is 12.0. The molecule has 1 saturated heterocycles. The van der Waals surface area contributed by atoms with Crippen molar-refractivity contribution in [1.82, 2.24) is 5.16 Å². The molecule has 0 spiro atoms. The van der Waals surface area contributed by atoms with E-state index in [0.717, 1.165) is 4.31 Å². The van der Waals surface area contributed by atoms with E-state index in [4.69, 9.17) is 23.5 Å². The van der Waals surface area contributed by atoms with E-state index in [2.05, 4.69) is 5.16 Å². The van der Waals surface area contributed by atoms with Crippen LogP contribution in [0.4, 0.5) is 5.88 Å². The molecule has 36 heavy (non-hydrogen) atoms. The van der Waals surface area contributed by atoms with Crippen molar-refractivity contribution in [3.8, 4) is 11.1 Å². The Bertz CT molecular complexity index is 1280. The summed E-state index contributed by atoms with van der Waals surface area (Å²) in [4.78, 5) is 0.0461. The number of nitrogens with zero attached hydrogens (tertiary/aromatic N) is 2. The molecule has 0 amide bonds. The molecule has 0 unspecified atom stereocenters. The van der Waals surface area contributed by atoms with E-state index in [0.29, 0.717) is 53.3 Å². The standard InChI is InChI=1S/C25H30N2O8S/c1-17-18(2)26-35-24(17)27(16-32-11-10-31-3)36(29,30)23-7-5-4-6-21(23)20-9-8-19(15-28)14-22(20)25-33-12-13-34-25/h4-9,14,25,28H,10-13,15-16H2,1-3H3. The van der Waals surface area contributed by atoms with E-state index >= 15 is 0 Å². The third-order valence-corrected chi connectivity index (χ3v) is 7.68. The van der Waals surface area contributed by atoms with E-state index in [-0.39, 0.29) is 30.7 Å². The fraction of sp³-hybridized carbons (Fsp3) is 0.400. The first-order valence-corrected chi connectivity index (χ1v) is 12.9. The number of aromatic nitrogens is 1. The van der Waals surface area contributed by atoms with Crippen LogP contribution in [0, 0.1) is 13.8 Å². The largest absolute Gasteiger partial charge is 0.392 e. The van der Waals surface area contributed by atoms with Gasteiger partial charge in [0.2, 0.25) is 5.88 Å². The Labute approximate surface area is 210 Å². The fourth-order valence-electron chi connectivity index (χ4n) is 3.88. The Morgan fingerprint density at radius 2 is 1.83 bits per heavy atom. The first-order chi connectivity index (χ1) is 17.4. The Balaban J connectivity index is 1.82. The van der Waals surface area contributed by atoms with Gasteiger partial charge in [-0.25, -0.2) is 12.7 Å². The van der Waals surface area contributed by atoms with Crippen LogP contribution in [-0.2, 0) is 35.6 Å². The number of rotatable bonds is 11. The zero-order valence-electron chi connectivity index (χ0n) is 20.5. The molecule has 194 valence electrons. The second-order valence-corrected chi connectivity index (χ2v) is 10.1. The second kappa shape index (κ2) is 11.5. The van der Waals surface area contributed by atoms with Gasteiger partial charge in [0, 0.05) is 23.8 Å². The van der Waals surface area contributed by atoms with Crippen LogP contribution in [0.3, 0.4) is 0 Å². The highest BCUT2D eigenvalue weighted by atomic mass is 32.2. The summed E-state index contributed by atoms with van der Waals surface area (Å²) in [6.07, 6.45) is -0.671. The molecule has 0 radical (unpaired) electrons. The van der Waals surface area contributed by atoms with Gasteiger partial charge in [-0.05, 0) is 37.1 Å². The van der Waals surface area contributed by atoms with Crippen LogP contribution in [0.5, 0.6) is 0 Å². The lowest BCUT2D eigenvalue weighted by molar-refractivity contribution is -0.0437. The highest BCUT2D eigenvalue weighted by Crippen LogP contribution is 2.39. The average molecular weight is 519 g/mol. The molecule has 2 heterocycles. The third-order valence-electron chi connectivity index (χ3n) is 5.92. The predicted molar refractivity (Wildman–Crippen MR) is 131 cm³/mol. The molecule has 10 nitrogen and oxygen atoms in total. The van der Waals surface area contributed by atoms with Gasteiger partial charge in [-0.3, -0.25) is 0 Å². The molecule has 11 heteroatoms. The molecule has 1 fully saturated rings. The molecular formula is C25H30N2O8S. The van der Waals surface area contributed by atoms with Gasteiger partial charge in [0.15, 0.2) is 6.29 Å². The van der Waals surface area contributed by atoms with Crippen LogP contribution in [0.15, 0.2) is 51.9 Å². The number of aryl methyl sites for hydroxylation is 1. The van der Waals surface area contributed by atoms with Crippen molar-refractivity contribution in [2.45, 2.75) is 31.6 Å². The number of methoxy groups -OCH3 is 1. The quantitative estimate of drug-likeness (QED) is 0.301. The van der Waals surface area contributed by atoms with Crippen LogP contribution < -0.4 is 4.31 Å². The predicted octanol–water partition coefficient (Wildman–Crippen LogP) is 3.31. The molecule has 1 aliphatic heterocycles. The van der Waals surface area contributed by atoms with Crippen LogP contribution in [0.2, 0.25) is 0 Å². The summed E-state index contributed by atoms with van der Waals surface area (Å²) in [5.41, 5.74) is 3.53. The minimum Gasteiger partial charge on any atom is -0.392 e. The lowest BCUT2D eigenvalue weighted by Crippen LogP contribution is -2.34. The van der Waals surface area contributed by atoms with E-state index in [1.54, 1.807) is 50.2 Å². The molecule has 0 atom stereocenters. The monoisotopic (exact) mass is 518 g/mol. The number of sulfonamides is 1. The number of hydrogen-bond donors (Lipinski definition) is 1. The number of hydrogen-bond acceptors (Lipinski definition) is 9. The fourth-order valence-corrected chi connectivity index (χ4v) is 5.43. The zero-order valence-corrected chi connectivity index (χ0v) is 21.3. The Hall–Kier alpha value is -2.80. The lowest BCUT2D eigenvalue weighted by Gasteiger charge is -2.24. The maximum atomic E-state index is 14.1. The Morgan fingerprint density at radius 3 is 2.50 bits per heavy atom. The van der Waals surface area contributed by atoms with E-state index in [1.807, 2.05) is 0 Å². The van der Waals surface area contributed by atoms with Gasteiger partial charge >= 0.3 is 0 Å². The van der Waals surface area contributed by atoms with E-state index in [9.17, 15) is 13.5 Å². The molecule has 2 aromatic carbocycles. The molecular weight excluding hydrogens is 488 g/mol. The summed E-state index contributed by atoms with van der Waals surface area (Å²) in [5, 5.41) is 13.6. The molecule has 3 aromatic rings. The number of ether oxygens (including phenoxy) is 4. The minimum atomic E-state index is -4.18. The van der Waals surface area contributed by atoms with Gasteiger partial charge in [-0.15, -0.1) is 0 Å². The molecule has 1 aromatic heterocycles. The average Bonchev–Trinajstić information content (AvgIpc) is 3.54. The Morgan fingerprint density at radius 1 is 1.08 bits per heavy atom. The number of benzene rings is 2. The summed E-state index contributed by atoms with van der Waals surface area (Å²) >= 11 is 0. The topological polar surface area (TPSA) is 121 Å². The molecule has 1 N–H and O–H groups in total.